The number of hydrogen-bond donors (Lipinski definition) is 2. The third-order valence-corrected chi connectivity index (χ3v) is 3.88. The van der Waals surface area contributed by atoms with Crippen LogP contribution in [-0.2, 0) is 0 Å². The molecule has 1 aliphatic rings. The zero-order valence-electron chi connectivity index (χ0n) is 6.08. The van der Waals surface area contributed by atoms with Crippen LogP contribution in [0.2, 0.25) is 0 Å². The van der Waals surface area contributed by atoms with E-state index in [1.54, 1.807) is 0 Å². The first-order chi connectivity index (χ1) is 4.69. The highest BCUT2D eigenvalue weighted by molar-refractivity contribution is 7.86. The van der Waals surface area contributed by atoms with Crippen LogP contribution in [0.5, 0.6) is 0 Å². The zero-order chi connectivity index (χ0) is 7.61. The third kappa shape index (κ3) is 1.54. The molecule has 0 nitrogen and oxygen atoms in total. The first kappa shape index (κ1) is 8.54. The van der Waals surface area contributed by atoms with Gasteiger partial charge < -0.3 is 0 Å². The van der Waals surface area contributed by atoms with Crippen LogP contribution in [0.1, 0.15) is 25.7 Å². The molecule has 1 aliphatic carbocycles. The molecule has 0 aromatic rings. The minimum atomic E-state index is 0.00135. The van der Waals surface area contributed by atoms with Gasteiger partial charge in [-0.3, -0.25) is 0 Å². The summed E-state index contributed by atoms with van der Waals surface area (Å²) in [6.07, 6.45) is 6.82. The molecule has 0 aliphatic heterocycles. The lowest BCUT2D eigenvalue weighted by Gasteiger charge is -2.35. The molecule has 0 aromatic carbocycles. The normalized spacial score (nSPS) is 41.2. The summed E-state index contributed by atoms with van der Waals surface area (Å²) >= 11 is 9.02. The van der Waals surface area contributed by atoms with E-state index in [0.717, 1.165) is 6.42 Å². The van der Waals surface area contributed by atoms with Crippen molar-refractivity contribution in [1.29, 1.82) is 0 Å². The van der Waals surface area contributed by atoms with Crippen LogP contribution in [0.15, 0.2) is 12.7 Å². The lowest BCUT2D eigenvalue weighted by Crippen LogP contribution is -2.33. The Morgan fingerprint density at radius 3 is 2.60 bits per heavy atom. The molecular formula is C8H14S2. The average molecular weight is 174 g/mol. The van der Waals surface area contributed by atoms with Crippen molar-refractivity contribution in [3.8, 4) is 0 Å². The molecule has 0 spiro atoms. The molecule has 2 heteroatoms. The van der Waals surface area contributed by atoms with Gasteiger partial charge in [0.2, 0.25) is 0 Å². The fourth-order valence-corrected chi connectivity index (χ4v) is 2.10. The maximum absolute atomic E-state index is 4.55. The second kappa shape index (κ2) is 3.22. The number of hydrogen-bond acceptors (Lipinski definition) is 2. The van der Waals surface area contributed by atoms with Gasteiger partial charge in [-0.05, 0) is 12.8 Å². The molecule has 0 N–H and O–H groups in total. The number of thiol groups is 2. The minimum Gasteiger partial charge on any atom is -0.174 e. The van der Waals surface area contributed by atoms with E-state index in [2.05, 4.69) is 31.8 Å². The van der Waals surface area contributed by atoms with Gasteiger partial charge in [-0.1, -0.05) is 18.9 Å². The molecule has 0 radical (unpaired) electrons. The summed E-state index contributed by atoms with van der Waals surface area (Å²) in [5.41, 5.74) is 0. The Bertz CT molecular complexity index is 133. The maximum atomic E-state index is 4.55. The number of rotatable bonds is 1. The van der Waals surface area contributed by atoms with Gasteiger partial charge >= 0.3 is 0 Å². The van der Waals surface area contributed by atoms with Crippen molar-refractivity contribution in [2.45, 2.75) is 35.7 Å². The van der Waals surface area contributed by atoms with Gasteiger partial charge in [-0.2, -0.15) is 25.3 Å². The molecule has 1 rings (SSSR count). The van der Waals surface area contributed by atoms with Gasteiger partial charge in [0, 0.05) is 10.00 Å². The van der Waals surface area contributed by atoms with Crippen LogP contribution in [0.3, 0.4) is 0 Å². The monoisotopic (exact) mass is 174 g/mol. The van der Waals surface area contributed by atoms with Crippen molar-refractivity contribution in [3.05, 3.63) is 12.7 Å². The first-order valence-electron chi connectivity index (χ1n) is 3.73. The second-order valence-electron chi connectivity index (χ2n) is 2.96. The summed E-state index contributed by atoms with van der Waals surface area (Å²) in [4.78, 5) is 0. The second-order valence-corrected chi connectivity index (χ2v) is 4.41. The molecule has 0 aromatic heterocycles. The summed E-state index contributed by atoms with van der Waals surface area (Å²) in [5, 5.41) is 0.405. The molecule has 58 valence electrons. The first-order valence-corrected chi connectivity index (χ1v) is 4.69. The minimum absolute atomic E-state index is 0.00135. The van der Waals surface area contributed by atoms with Gasteiger partial charge in [0.05, 0.1) is 0 Å². The summed E-state index contributed by atoms with van der Waals surface area (Å²) in [5.74, 6) is 0. The highest BCUT2D eigenvalue weighted by Gasteiger charge is 2.32. The Kier molecular flexibility index (Phi) is 2.75. The topological polar surface area (TPSA) is 0 Å². The molecule has 1 saturated carbocycles. The Morgan fingerprint density at radius 1 is 1.50 bits per heavy atom. The highest BCUT2D eigenvalue weighted by Crippen LogP contribution is 2.37. The van der Waals surface area contributed by atoms with Crippen LogP contribution >= 0.6 is 25.3 Å². The highest BCUT2D eigenvalue weighted by atomic mass is 32.1. The predicted molar refractivity (Wildman–Crippen MR) is 53.2 cm³/mol. The van der Waals surface area contributed by atoms with Crippen LogP contribution in [0.25, 0.3) is 0 Å². The summed E-state index contributed by atoms with van der Waals surface area (Å²) in [7, 11) is 0. The van der Waals surface area contributed by atoms with E-state index < -0.39 is 0 Å². The van der Waals surface area contributed by atoms with Gasteiger partial charge in [0.15, 0.2) is 0 Å². The van der Waals surface area contributed by atoms with E-state index in [0.29, 0.717) is 5.25 Å². The van der Waals surface area contributed by atoms with E-state index in [9.17, 15) is 0 Å². The Morgan fingerprint density at radius 2 is 2.20 bits per heavy atom. The van der Waals surface area contributed by atoms with E-state index in [-0.39, 0.29) is 4.75 Å². The van der Waals surface area contributed by atoms with E-state index in [1.807, 2.05) is 6.08 Å². The molecule has 10 heavy (non-hydrogen) atoms. The van der Waals surface area contributed by atoms with Crippen LogP contribution in [0, 0.1) is 0 Å². The Labute approximate surface area is 73.9 Å². The predicted octanol–water partition coefficient (Wildman–Crippen LogP) is 2.71. The Hall–Kier alpha value is 0.440. The SMILES string of the molecule is C=CC1(S)CCCCC1S. The smallest absolute Gasteiger partial charge is 0.0422 e. The molecule has 1 fully saturated rings. The van der Waals surface area contributed by atoms with E-state index in [1.165, 1.54) is 19.3 Å². The maximum Gasteiger partial charge on any atom is 0.0422 e. The molecule has 0 bridgehead atoms. The fourth-order valence-electron chi connectivity index (χ4n) is 1.40. The zero-order valence-corrected chi connectivity index (χ0v) is 7.87. The van der Waals surface area contributed by atoms with Crippen molar-refractivity contribution >= 4 is 25.3 Å². The summed E-state index contributed by atoms with van der Waals surface area (Å²) in [6.45, 7) is 3.78. The molecule has 2 atom stereocenters. The van der Waals surface area contributed by atoms with Crippen molar-refractivity contribution in [1.82, 2.24) is 0 Å². The lowest BCUT2D eigenvalue weighted by atomic mass is 9.88. The molecule has 0 heterocycles. The van der Waals surface area contributed by atoms with Crippen molar-refractivity contribution < 1.29 is 0 Å². The molecule has 0 saturated heterocycles. The summed E-state index contributed by atoms with van der Waals surface area (Å²) in [6, 6.07) is 0. The fraction of sp³-hybridized carbons (Fsp3) is 0.750. The van der Waals surface area contributed by atoms with Gasteiger partial charge in [-0.15, -0.1) is 6.58 Å². The standard InChI is InChI=1S/C8H14S2/c1-2-8(10)6-4-3-5-7(8)9/h2,7,9-10H,1,3-6H2. The molecule has 0 amide bonds. The van der Waals surface area contributed by atoms with E-state index >= 15 is 0 Å². The van der Waals surface area contributed by atoms with E-state index in [4.69, 9.17) is 0 Å². The van der Waals surface area contributed by atoms with Crippen molar-refractivity contribution in [3.63, 3.8) is 0 Å². The van der Waals surface area contributed by atoms with Crippen LogP contribution in [0.4, 0.5) is 0 Å². The van der Waals surface area contributed by atoms with Gasteiger partial charge in [0.1, 0.15) is 0 Å². The van der Waals surface area contributed by atoms with Crippen molar-refractivity contribution in [2.24, 2.45) is 0 Å². The van der Waals surface area contributed by atoms with Gasteiger partial charge in [-0.25, -0.2) is 0 Å². The third-order valence-electron chi connectivity index (χ3n) is 2.24. The lowest BCUT2D eigenvalue weighted by molar-refractivity contribution is 0.469. The molecular weight excluding hydrogens is 160 g/mol. The van der Waals surface area contributed by atoms with Crippen LogP contribution < -0.4 is 0 Å². The van der Waals surface area contributed by atoms with Crippen molar-refractivity contribution in [2.75, 3.05) is 0 Å². The summed E-state index contributed by atoms with van der Waals surface area (Å²) < 4.78 is 0.00135. The van der Waals surface area contributed by atoms with Gasteiger partial charge in [0.25, 0.3) is 0 Å². The quantitative estimate of drug-likeness (QED) is 0.443. The Balaban J connectivity index is 2.62. The molecule has 2 unspecified atom stereocenters. The van der Waals surface area contributed by atoms with Crippen LogP contribution in [-0.4, -0.2) is 10.00 Å². The average Bonchev–Trinajstić information content (AvgIpc) is 1.96. The largest absolute Gasteiger partial charge is 0.174 e.